The topological polar surface area (TPSA) is 37.3 Å². The van der Waals surface area contributed by atoms with Crippen LogP contribution in [0.5, 0.6) is 0 Å². The van der Waals surface area contributed by atoms with Gasteiger partial charge in [-0.25, -0.2) is 0 Å². The van der Waals surface area contributed by atoms with E-state index in [1.54, 1.807) is 0 Å². The predicted octanol–water partition coefficient (Wildman–Crippen LogP) is 2.43. The SMILES string of the molecule is CCC#CCC1(C(=O)O)CCCC1. The first-order chi connectivity index (χ1) is 6.21. The maximum absolute atomic E-state index is 11.0. The molecule has 1 N–H and O–H groups in total. The van der Waals surface area contributed by atoms with Crippen molar-refractivity contribution >= 4 is 5.97 Å². The fourth-order valence-corrected chi connectivity index (χ4v) is 1.87. The molecule has 1 fully saturated rings. The number of hydrogen-bond donors (Lipinski definition) is 1. The highest BCUT2D eigenvalue weighted by Crippen LogP contribution is 2.40. The molecule has 2 nitrogen and oxygen atoms in total. The van der Waals surface area contributed by atoms with Gasteiger partial charge < -0.3 is 5.11 Å². The van der Waals surface area contributed by atoms with E-state index in [0.717, 1.165) is 32.1 Å². The van der Waals surface area contributed by atoms with Gasteiger partial charge in [-0.1, -0.05) is 19.8 Å². The molecule has 2 heteroatoms. The van der Waals surface area contributed by atoms with Crippen LogP contribution in [0.2, 0.25) is 0 Å². The molecule has 1 aliphatic rings. The molecule has 0 bridgehead atoms. The standard InChI is InChI=1S/C11H16O2/c1-2-3-4-7-11(10(12)13)8-5-6-9-11/h2,5-9H2,1H3,(H,12,13). The van der Waals surface area contributed by atoms with Crippen LogP contribution >= 0.6 is 0 Å². The Morgan fingerprint density at radius 1 is 1.38 bits per heavy atom. The normalized spacial score (nSPS) is 19.2. The van der Waals surface area contributed by atoms with Gasteiger partial charge in [0.05, 0.1) is 5.41 Å². The smallest absolute Gasteiger partial charge is 0.310 e. The van der Waals surface area contributed by atoms with E-state index in [2.05, 4.69) is 11.8 Å². The van der Waals surface area contributed by atoms with E-state index in [0.29, 0.717) is 6.42 Å². The fraction of sp³-hybridized carbons (Fsp3) is 0.727. The van der Waals surface area contributed by atoms with Crippen LogP contribution in [0.1, 0.15) is 45.4 Å². The van der Waals surface area contributed by atoms with Crippen LogP contribution in [0, 0.1) is 17.3 Å². The monoisotopic (exact) mass is 180 g/mol. The van der Waals surface area contributed by atoms with Gasteiger partial charge in [-0.05, 0) is 12.8 Å². The zero-order valence-corrected chi connectivity index (χ0v) is 8.10. The summed E-state index contributed by atoms with van der Waals surface area (Å²) in [6.07, 6.45) is 5.05. The maximum Gasteiger partial charge on any atom is 0.310 e. The molecule has 1 saturated carbocycles. The molecule has 0 spiro atoms. The van der Waals surface area contributed by atoms with Crippen molar-refractivity contribution in [2.75, 3.05) is 0 Å². The first kappa shape index (κ1) is 10.1. The number of rotatable bonds is 2. The molecule has 0 atom stereocenters. The van der Waals surface area contributed by atoms with Crippen molar-refractivity contribution in [3.63, 3.8) is 0 Å². The molecule has 0 radical (unpaired) electrons. The van der Waals surface area contributed by atoms with Crippen molar-refractivity contribution in [2.45, 2.75) is 45.4 Å². The number of carbonyl (C=O) groups is 1. The van der Waals surface area contributed by atoms with Crippen molar-refractivity contribution in [1.29, 1.82) is 0 Å². The second kappa shape index (κ2) is 4.32. The highest BCUT2D eigenvalue weighted by Gasteiger charge is 2.40. The Hall–Kier alpha value is -0.970. The third-order valence-electron chi connectivity index (χ3n) is 2.74. The average molecular weight is 180 g/mol. The molecule has 0 aromatic carbocycles. The second-order valence-electron chi connectivity index (χ2n) is 3.68. The summed E-state index contributed by atoms with van der Waals surface area (Å²) in [6.45, 7) is 1.98. The first-order valence-corrected chi connectivity index (χ1v) is 4.90. The van der Waals surface area contributed by atoms with E-state index in [-0.39, 0.29) is 0 Å². The molecule has 72 valence electrons. The zero-order chi connectivity index (χ0) is 9.73. The number of carboxylic acid groups (broad SMARTS) is 1. The third-order valence-corrected chi connectivity index (χ3v) is 2.74. The number of carboxylic acids is 1. The van der Waals surface area contributed by atoms with Crippen LogP contribution in [-0.2, 0) is 4.79 Å². The summed E-state index contributed by atoms with van der Waals surface area (Å²) in [6, 6.07) is 0. The lowest BCUT2D eigenvalue weighted by atomic mass is 9.83. The average Bonchev–Trinajstić information content (AvgIpc) is 2.55. The molecule has 0 aromatic rings. The molecule has 0 aliphatic heterocycles. The van der Waals surface area contributed by atoms with Gasteiger partial charge in [0.2, 0.25) is 0 Å². The molecular weight excluding hydrogens is 164 g/mol. The summed E-state index contributed by atoms with van der Waals surface area (Å²) in [4.78, 5) is 11.0. The van der Waals surface area contributed by atoms with Crippen LogP contribution in [0.3, 0.4) is 0 Å². The molecular formula is C11H16O2. The van der Waals surface area contributed by atoms with Gasteiger partial charge in [-0.2, -0.15) is 0 Å². The third kappa shape index (κ3) is 2.24. The zero-order valence-electron chi connectivity index (χ0n) is 8.10. The molecule has 1 aliphatic carbocycles. The molecule has 0 amide bonds. The molecule has 1 rings (SSSR count). The molecule has 0 heterocycles. The highest BCUT2D eigenvalue weighted by molar-refractivity contribution is 5.75. The van der Waals surface area contributed by atoms with Gasteiger partial charge in [-0.15, -0.1) is 11.8 Å². The van der Waals surface area contributed by atoms with Gasteiger partial charge in [0.25, 0.3) is 0 Å². The van der Waals surface area contributed by atoms with E-state index in [9.17, 15) is 4.79 Å². The Bertz CT molecular complexity index is 239. The number of aliphatic carboxylic acids is 1. The Morgan fingerprint density at radius 3 is 2.46 bits per heavy atom. The lowest BCUT2D eigenvalue weighted by molar-refractivity contribution is -0.148. The summed E-state index contributed by atoms with van der Waals surface area (Å²) < 4.78 is 0. The van der Waals surface area contributed by atoms with Crippen LogP contribution in [0.15, 0.2) is 0 Å². The van der Waals surface area contributed by atoms with Crippen molar-refractivity contribution in [2.24, 2.45) is 5.41 Å². The highest BCUT2D eigenvalue weighted by atomic mass is 16.4. The minimum Gasteiger partial charge on any atom is -0.481 e. The summed E-state index contributed by atoms with van der Waals surface area (Å²) in [5, 5.41) is 9.10. The molecule has 0 unspecified atom stereocenters. The summed E-state index contributed by atoms with van der Waals surface area (Å²) in [7, 11) is 0. The van der Waals surface area contributed by atoms with Gasteiger partial charge in [0, 0.05) is 12.8 Å². The summed E-state index contributed by atoms with van der Waals surface area (Å²) >= 11 is 0. The van der Waals surface area contributed by atoms with Crippen LogP contribution in [0.4, 0.5) is 0 Å². The molecule has 0 saturated heterocycles. The van der Waals surface area contributed by atoms with Gasteiger partial charge >= 0.3 is 5.97 Å². The van der Waals surface area contributed by atoms with Crippen molar-refractivity contribution in [3.05, 3.63) is 0 Å². The van der Waals surface area contributed by atoms with Crippen LogP contribution in [0.25, 0.3) is 0 Å². The van der Waals surface area contributed by atoms with Gasteiger partial charge in [0.15, 0.2) is 0 Å². The Kier molecular flexibility index (Phi) is 3.36. The largest absolute Gasteiger partial charge is 0.481 e. The lowest BCUT2D eigenvalue weighted by Gasteiger charge is -2.20. The van der Waals surface area contributed by atoms with E-state index < -0.39 is 11.4 Å². The van der Waals surface area contributed by atoms with Gasteiger partial charge in [0.1, 0.15) is 0 Å². The lowest BCUT2D eigenvalue weighted by Crippen LogP contribution is -2.26. The number of hydrogen-bond acceptors (Lipinski definition) is 1. The summed E-state index contributed by atoms with van der Waals surface area (Å²) in [5.41, 5.74) is -0.512. The van der Waals surface area contributed by atoms with Crippen LogP contribution in [-0.4, -0.2) is 11.1 Å². The van der Waals surface area contributed by atoms with E-state index in [1.165, 1.54) is 0 Å². The van der Waals surface area contributed by atoms with E-state index in [1.807, 2.05) is 6.92 Å². The Balaban J connectivity index is 2.62. The minimum absolute atomic E-state index is 0.512. The molecule has 0 aromatic heterocycles. The Morgan fingerprint density at radius 2 is 2.00 bits per heavy atom. The van der Waals surface area contributed by atoms with Gasteiger partial charge in [-0.3, -0.25) is 4.79 Å². The van der Waals surface area contributed by atoms with E-state index in [4.69, 9.17) is 5.11 Å². The summed E-state index contributed by atoms with van der Waals surface area (Å²) in [5.74, 6) is 5.25. The maximum atomic E-state index is 11.0. The Labute approximate surface area is 79.3 Å². The fourth-order valence-electron chi connectivity index (χ4n) is 1.87. The quantitative estimate of drug-likeness (QED) is 0.663. The molecule has 13 heavy (non-hydrogen) atoms. The van der Waals surface area contributed by atoms with Crippen molar-refractivity contribution in [1.82, 2.24) is 0 Å². The predicted molar refractivity (Wildman–Crippen MR) is 51.2 cm³/mol. The van der Waals surface area contributed by atoms with E-state index >= 15 is 0 Å². The van der Waals surface area contributed by atoms with Crippen molar-refractivity contribution in [3.8, 4) is 11.8 Å². The second-order valence-corrected chi connectivity index (χ2v) is 3.68. The first-order valence-electron chi connectivity index (χ1n) is 4.90. The van der Waals surface area contributed by atoms with Crippen molar-refractivity contribution < 1.29 is 9.90 Å². The van der Waals surface area contributed by atoms with Crippen LogP contribution < -0.4 is 0 Å². The minimum atomic E-state index is -0.657.